The van der Waals surface area contributed by atoms with Crippen molar-refractivity contribution in [2.24, 2.45) is 0 Å². The van der Waals surface area contributed by atoms with Crippen molar-refractivity contribution in [3.05, 3.63) is 69.2 Å². The van der Waals surface area contributed by atoms with Gasteiger partial charge in [0.25, 0.3) is 11.8 Å². The summed E-state index contributed by atoms with van der Waals surface area (Å²) in [4.78, 5) is 24.9. The number of hydrogen-bond donors (Lipinski definition) is 2. The van der Waals surface area contributed by atoms with Crippen molar-refractivity contribution in [3.63, 3.8) is 0 Å². The van der Waals surface area contributed by atoms with Crippen molar-refractivity contribution < 1.29 is 18.7 Å². The fourth-order valence-corrected chi connectivity index (χ4v) is 3.52. The summed E-state index contributed by atoms with van der Waals surface area (Å²) in [5, 5.41) is 5.50. The van der Waals surface area contributed by atoms with Crippen LogP contribution in [0.15, 0.2) is 63.0 Å². The number of rotatable bonds is 7. The average Bonchev–Trinajstić information content (AvgIpc) is 3.30. The molecule has 2 amide bonds. The maximum absolute atomic E-state index is 12.0. The number of halogens is 1. The summed E-state index contributed by atoms with van der Waals surface area (Å²) in [7, 11) is 0. The largest absolute Gasteiger partial charge is 0.484 e. The summed E-state index contributed by atoms with van der Waals surface area (Å²) < 4.78 is 11.5. The van der Waals surface area contributed by atoms with Crippen LogP contribution in [-0.4, -0.2) is 18.4 Å². The lowest BCUT2D eigenvalue weighted by molar-refractivity contribution is -0.123. The van der Waals surface area contributed by atoms with Gasteiger partial charge in [-0.1, -0.05) is 6.07 Å². The quantitative estimate of drug-likeness (QED) is 0.587. The average molecular weight is 435 g/mol. The number of ether oxygens (including phenoxy) is 1. The highest BCUT2D eigenvalue weighted by molar-refractivity contribution is 9.11. The van der Waals surface area contributed by atoms with E-state index in [-0.39, 0.29) is 24.2 Å². The van der Waals surface area contributed by atoms with Crippen LogP contribution in [0.3, 0.4) is 0 Å². The van der Waals surface area contributed by atoms with Gasteiger partial charge in [0.15, 0.2) is 12.4 Å². The van der Waals surface area contributed by atoms with E-state index in [2.05, 4.69) is 26.6 Å². The molecule has 0 fully saturated rings. The van der Waals surface area contributed by atoms with E-state index in [1.54, 1.807) is 47.7 Å². The highest BCUT2D eigenvalue weighted by atomic mass is 79.9. The number of carbonyl (C=O) groups excluding carboxylic acids is 2. The van der Waals surface area contributed by atoms with Gasteiger partial charge in [0.05, 0.1) is 16.6 Å². The standard InChI is InChI=1S/C18H15BrN2O4S/c19-16-7-6-14(26-16)10-20-17(22)11-25-13-4-1-3-12(9-13)21-18(23)15-5-2-8-24-15/h1-9H,10-11H2,(H,20,22)(H,21,23). The molecule has 0 radical (unpaired) electrons. The lowest BCUT2D eigenvalue weighted by Gasteiger charge is -2.09. The summed E-state index contributed by atoms with van der Waals surface area (Å²) in [6.07, 6.45) is 1.43. The van der Waals surface area contributed by atoms with Gasteiger partial charge >= 0.3 is 0 Å². The normalized spacial score (nSPS) is 10.3. The highest BCUT2D eigenvalue weighted by Gasteiger charge is 2.09. The molecule has 134 valence electrons. The molecule has 0 atom stereocenters. The Kier molecular flexibility index (Phi) is 6.08. The maximum Gasteiger partial charge on any atom is 0.291 e. The molecule has 3 rings (SSSR count). The Bertz CT molecular complexity index is 892. The third-order valence-corrected chi connectivity index (χ3v) is 4.92. The number of furan rings is 1. The molecule has 0 aliphatic rings. The molecule has 3 aromatic rings. The van der Waals surface area contributed by atoms with Crippen LogP contribution in [0.5, 0.6) is 5.75 Å². The van der Waals surface area contributed by atoms with E-state index in [9.17, 15) is 9.59 Å². The molecule has 0 aliphatic carbocycles. The molecule has 2 heterocycles. The molecule has 0 unspecified atom stereocenters. The van der Waals surface area contributed by atoms with Crippen molar-refractivity contribution in [1.29, 1.82) is 0 Å². The van der Waals surface area contributed by atoms with E-state index < -0.39 is 0 Å². The third-order valence-electron chi connectivity index (χ3n) is 3.30. The minimum atomic E-state index is -0.355. The Balaban J connectivity index is 1.48. The monoisotopic (exact) mass is 434 g/mol. The Morgan fingerprint density at radius 3 is 2.77 bits per heavy atom. The Morgan fingerprint density at radius 2 is 2.04 bits per heavy atom. The Hall–Kier alpha value is -2.58. The van der Waals surface area contributed by atoms with Gasteiger partial charge in [-0.3, -0.25) is 9.59 Å². The smallest absolute Gasteiger partial charge is 0.291 e. The third kappa shape index (κ3) is 5.21. The zero-order chi connectivity index (χ0) is 18.4. The van der Waals surface area contributed by atoms with Gasteiger partial charge in [0.2, 0.25) is 0 Å². The predicted octanol–water partition coefficient (Wildman–Crippen LogP) is 4.05. The highest BCUT2D eigenvalue weighted by Crippen LogP contribution is 2.22. The van der Waals surface area contributed by atoms with Gasteiger partial charge in [-0.15, -0.1) is 11.3 Å². The van der Waals surface area contributed by atoms with Crippen molar-refractivity contribution >= 4 is 44.8 Å². The molecule has 0 bridgehead atoms. The molecule has 6 nitrogen and oxygen atoms in total. The van der Waals surface area contributed by atoms with Crippen LogP contribution < -0.4 is 15.4 Å². The predicted molar refractivity (Wildman–Crippen MR) is 102 cm³/mol. The van der Waals surface area contributed by atoms with Crippen LogP contribution in [0.2, 0.25) is 0 Å². The van der Waals surface area contributed by atoms with Crippen molar-refractivity contribution in [1.82, 2.24) is 5.32 Å². The number of anilines is 1. The van der Waals surface area contributed by atoms with E-state index in [0.29, 0.717) is 18.0 Å². The van der Waals surface area contributed by atoms with Crippen LogP contribution in [0.1, 0.15) is 15.4 Å². The summed E-state index contributed by atoms with van der Waals surface area (Å²) >= 11 is 4.95. The summed E-state index contributed by atoms with van der Waals surface area (Å²) in [5.74, 6) is 0.124. The summed E-state index contributed by atoms with van der Waals surface area (Å²) in [6.45, 7) is 0.347. The van der Waals surface area contributed by atoms with Gasteiger partial charge in [-0.05, 0) is 52.3 Å². The van der Waals surface area contributed by atoms with Crippen molar-refractivity contribution in [2.75, 3.05) is 11.9 Å². The fourth-order valence-electron chi connectivity index (χ4n) is 2.10. The van der Waals surface area contributed by atoms with Gasteiger partial charge in [-0.2, -0.15) is 0 Å². The molecule has 0 aliphatic heterocycles. The Morgan fingerprint density at radius 1 is 1.15 bits per heavy atom. The summed E-state index contributed by atoms with van der Waals surface area (Å²) in [6, 6.07) is 13.9. The summed E-state index contributed by atoms with van der Waals surface area (Å²) in [5.41, 5.74) is 0.549. The van der Waals surface area contributed by atoms with Crippen LogP contribution in [-0.2, 0) is 11.3 Å². The number of carbonyl (C=O) groups is 2. The lowest BCUT2D eigenvalue weighted by atomic mass is 10.3. The van der Waals surface area contributed by atoms with Gasteiger partial charge in [-0.25, -0.2) is 0 Å². The molecule has 8 heteroatoms. The van der Waals surface area contributed by atoms with E-state index in [1.807, 2.05) is 12.1 Å². The van der Waals surface area contributed by atoms with Crippen LogP contribution >= 0.6 is 27.3 Å². The van der Waals surface area contributed by atoms with E-state index in [0.717, 1.165) is 8.66 Å². The molecule has 2 aromatic heterocycles. The first-order valence-electron chi connectivity index (χ1n) is 7.69. The minimum absolute atomic E-state index is 0.109. The topological polar surface area (TPSA) is 80.6 Å². The second-order valence-corrected chi connectivity index (χ2v) is 7.78. The van der Waals surface area contributed by atoms with Crippen LogP contribution in [0.25, 0.3) is 0 Å². The minimum Gasteiger partial charge on any atom is -0.484 e. The molecule has 0 saturated carbocycles. The Labute approximate surface area is 162 Å². The first-order chi connectivity index (χ1) is 12.6. The van der Waals surface area contributed by atoms with Gasteiger partial charge < -0.3 is 19.8 Å². The maximum atomic E-state index is 12.0. The first kappa shape index (κ1) is 18.2. The first-order valence-corrected chi connectivity index (χ1v) is 9.30. The van der Waals surface area contributed by atoms with E-state index in [1.165, 1.54) is 6.26 Å². The molecule has 0 spiro atoms. The second kappa shape index (κ2) is 8.68. The number of thiophene rings is 1. The van der Waals surface area contributed by atoms with Crippen LogP contribution in [0.4, 0.5) is 5.69 Å². The van der Waals surface area contributed by atoms with Crippen molar-refractivity contribution in [3.8, 4) is 5.75 Å². The van der Waals surface area contributed by atoms with E-state index >= 15 is 0 Å². The molecular formula is C18H15BrN2O4S. The molecule has 0 saturated heterocycles. The lowest BCUT2D eigenvalue weighted by Crippen LogP contribution is -2.28. The second-order valence-electron chi connectivity index (χ2n) is 5.23. The number of hydrogen-bond acceptors (Lipinski definition) is 5. The number of nitrogens with one attached hydrogen (secondary N) is 2. The SMILES string of the molecule is O=C(COc1cccc(NC(=O)c2ccco2)c1)NCc1ccc(Br)s1. The van der Waals surface area contributed by atoms with E-state index in [4.69, 9.17) is 9.15 Å². The fraction of sp³-hybridized carbons (Fsp3) is 0.111. The van der Waals surface area contributed by atoms with Gasteiger partial charge in [0, 0.05) is 16.6 Å². The van der Waals surface area contributed by atoms with Gasteiger partial charge in [0.1, 0.15) is 5.75 Å². The van der Waals surface area contributed by atoms with Crippen molar-refractivity contribution in [2.45, 2.75) is 6.54 Å². The molecular weight excluding hydrogens is 420 g/mol. The van der Waals surface area contributed by atoms with Crippen LogP contribution in [0, 0.1) is 0 Å². The molecule has 2 N–H and O–H groups in total. The molecule has 26 heavy (non-hydrogen) atoms. The number of amides is 2. The number of benzene rings is 1. The zero-order valence-electron chi connectivity index (χ0n) is 13.5. The zero-order valence-corrected chi connectivity index (χ0v) is 15.9. The molecule has 1 aromatic carbocycles.